The summed E-state index contributed by atoms with van der Waals surface area (Å²) in [4.78, 5) is 15.4. The lowest BCUT2D eigenvalue weighted by atomic mass is 9.72. The minimum Gasteiger partial charge on any atom is -0.507 e. The Morgan fingerprint density at radius 2 is 1.05 bits per heavy atom. The topological polar surface area (TPSA) is 139 Å². The van der Waals surface area contributed by atoms with Crippen LogP contribution in [0.3, 0.4) is 0 Å². The standard InChI is InChI=1S/C21H26O2.C20H25N3O.C13H11N3O/c1-2-3-4-5-6-8-11-17-14-15-19(20(22)16-17)21(23)18-12-9-7-10-13-18;1-19(2,3)13-20(4,5)14-10-11-18(24)17(12-14)23-21-15-8-6-7-9-16(15)22-23;1-9-6-7-13(17)12(8-9)16-14-10-4-2-3-5-11(10)15-16/h7,9-10,12-16,22H,2-6,8,11H2,1H3;6-12,24H,13H2,1-5H3;2-8,17H,1H3. The monoisotopic (exact) mass is 858 g/mol. The molecule has 64 heavy (non-hydrogen) atoms. The highest BCUT2D eigenvalue weighted by molar-refractivity contribution is 6.10. The molecule has 10 nitrogen and oxygen atoms in total. The molecule has 0 radical (unpaired) electrons. The minimum atomic E-state index is -0.130. The Morgan fingerprint density at radius 3 is 1.58 bits per heavy atom. The van der Waals surface area contributed by atoms with E-state index in [0.717, 1.165) is 52.5 Å². The van der Waals surface area contributed by atoms with Gasteiger partial charge in [-0.25, -0.2) is 0 Å². The first-order chi connectivity index (χ1) is 30.6. The highest BCUT2D eigenvalue weighted by atomic mass is 16.3. The third kappa shape index (κ3) is 12.4. The van der Waals surface area contributed by atoms with Gasteiger partial charge in [0.05, 0.1) is 5.56 Å². The zero-order valence-electron chi connectivity index (χ0n) is 38.3. The van der Waals surface area contributed by atoms with Crippen molar-refractivity contribution in [1.82, 2.24) is 30.0 Å². The van der Waals surface area contributed by atoms with Crippen LogP contribution in [0.1, 0.15) is 119 Å². The minimum absolute atomic E-state index is 0.00667. The first kappa shape index (κ1) is 46.7. The first-order valence-electron chi connectivity index (χ1n) is 22.3. The van der Waals surface area contributed by atoms with E-state index in [-0.39, 0.29) is 33.9 Å². The van der Waals surface area contributed by atoms with Crippen LogP contribution in [0, 0.1) is 12.3 Å². The van der Waals surface area contributed by atoms with Crippen LogP contribution in [0.2, 0.25) is 0 Å². The van der Waals surface area contributed by atoms with Crippen LogP contribution in [0.15, 0.2) is 133 Å². The number of carbonyl (C=O) groups is 1. The quantitative estimate of drug-likeness (QED) is 0.0769. The largest absolute Gasteiger partial charge is 0.507 e. The van der Waals surface area contributed by atoms with Gasteiger partial charge in [-0.1, -0.05) is 146 Å². The van der Waals surface area contributed by atoms with Crippen LogP contribution in [0.25, 0.3) is 33.4 Å². The van der Waals surface area contributed by atoms with Gasteiger partial charge in [0.2, 0.25) is 0 Å². The zero-order chi connectivity index (χ0) is 45.9. The third-order valence-corrected chi connectivity index (χ3v) is 11.0. The number of rotatable bonds is 13. The molecule has 8 aromatic rings. The number of phenols is 3. The molecule has 0 bridgehead atoms. The predicted octanol–water partition coefficient (Wildman–Crippen LogP) is 12.8. The molecule has 6 aromatic carbocycles. The Balaban J connectivity index is 0.000000162. The van der Waals surface area contributed by atoms with Gasteiger partial charge in [0.1, 0.15) is 50.7 Å². The van der Waals surface area contributed by atoms with Gasteiger partial charge >= 0.3 is 0 Å². The number of ketones is 1. The molecule has 2 heterocycles. The Kier molecular flexibility index (Phi) is 15.3. The van der Waals surface area contributed by atoms with E-state index in [1.807, 2.05) is 104 Å². The van der Waals surface area contributed by atoms with Gasteiger partial charge in [0.25, 0.3) is 0 Å². The van der Waals surface area contributed by atoms with Crippen molar-refractivity contribution in [1.29, 1.82) is 0 Å². The smallest absolute Gasteiger partial charge is 0.196 e. The molecule has 0 saturated heterocycles. The average Bonchev–Trinajstić information content (AvgIpc) is 3.91. The van der Waals surface area contributed by atoms with Gasteiger partial charge in [0, 0.05) is 5.56 Å². The van der Waals surface area contributed by atoms with Crippen molar-refractivity contribution in [3.05, 3.63) is 161 Å². The number of aryl methyl sites for hydroxylation is 2. The summed E-state index contributed by atoms with van der Waals surface area (Å²) in [6.07, 6.45) is 9.54. The summed E-state index contributed by atoms with van der Waals surface area (Å²) in [7, 11) is 0. The van der Waals surface area contributed by atoms with Gasteiger partial charge in [-0.3, -0.25) is 4.79 Å². The first-order valence-corrected chi connectivity index (χ1v) is 22.3. The molecule has 2 aromatic heterocycles. The van der Waals surface area contributed by atoms with E-state index in [9.17, 15) is 20.1 Å². The van der Waals surface area contributed by atoms with E-state index in [1.165, 1.54) is 47.3 Å². The predicted molar refractivity (Wildman–Crippen MR) is 258 cm³/mol. The lowest BCUT2D eigenvalue weighted by Gasteiger charge is -2.33. The lowest BCUT2D eigenvalue weighted by molar-refractivity contribution is 0.103. The number of phenolic OH excluding ortho intramolecular Hbond substituents is 3. The van der Waals surface area contributed by atoms with Crippen molar-refractivity contribution in [2.75, 3.05) is 0 Å². The van der Waals surface area contributed by atoms with E-state index >= 15 is 0 Å². The normalized spacial score (nSPS) is 11.5. The maximum Gasteiger partial charge on any atom is 0.196 e. The van der Waals surface area contributed by atoms with Gasteiger partial charge in [-0.15, -0.1) is 30.0 Å². The Morgan fingerprint density at radius 1 is 0.547 bits per heavy atom. The summed E-state index contributed by atoms with van der Waals surface area (Å²) in [6, 6.07) is 40.9. The fourth-order valence-electron chi connectivity index (χ4n) is 8.04. The van der Waals surface area contributed by atoms with Crippen molar-refractivity contribution in [3.63, 3.8) is 0 Å². The lowest BCUT2D eigenvalue weighted by Crippen LogP contribution is -2.25. The van der Waals surface area contributed by atoms with Crippen LogP contribution >= 0.6 is 0 Å². The highest BCUT2D eigenvalue weighted by Crippen LogP contribution is 2.38. The summed E-state index contributed by atoms with van der Waals surface area (Å²) in [5.74, 6) is 0.318. The van der Waals surface area contributed by atoms with Crippen LogP contribution < -0.4 is 0 Å². The van der Waals surface area contributed by atoms with E-state index in [2.05, 4.69) is 61.9 Å². The highest BCUT2D eigenvalue weighted by Gasteiger charge is 2.28. The summed E-state index contributed by atoms with van der Waals surface area (Å²) < 4.78 is 0. The molecule has 332 valence electrons. The number of unbranched alkanes of at least 4 members (excludes halogenated alkanes) is 5. The van der Waals surface area contributed by atoms with E-state index in [0.29, 0.717) is 22.5 Å². The molecule has 0 unspecified atom stereocenters. The second-order valence-corrected chi connectivity index (χ2v) is 18.3. The summed E-state index contributed by atoms with van der Waals surface area (Å²) in [6.45, 7) is 15.4. The van der Waals surface area contributed by atoms with E-state index < -0.39 is 0 Å². The number of aromatic hydroxyl groups is 3. The molecule has 0 spiro atoms. The molecule has 0 aliphatic rings. The second kappa shape index (κ2) is 21.0. The fourth-order valence-corrected chi connectivity index (χ4v) is 8.04. The SMILES string of the molecule is CC(C)(C)CC(C)(C)c1ccc(O)c(-n2nc3ccccc3n2)c1.CCCCCCCCc1ccc(C(=O)c2ccccc2)c(O)c1.Cc1ccc(O)c(-n2nc3ccccc3n2)c1. The average molecular weight is 859 g/mol. The Bertz CT molecular complexity index is 2720. The van der Waals surface area contributed by atoms with Crippen molar-refractivity contribution < 1.29 is 20.1 Å². The van der Waals surface area contributed by atoms with Gasteiger partial charge in [0.15, 0.2) is 5.78 Å². The molecular weight excluding hydrogens is 797 g/mol. The molecule has 0 saturated carbocycles. The van der Waals surface area contributed by atoms with Crippen molar-refractivity contribution in [2.45, 2.75) is 105 Å². The maximum atomic E-state index is 12.4. The number of hydrogen-bond donors (Lipinski definition) is 3. The molecular formula is C54H62N6O4. The molecule has 0 aliphatic carbocycles. The van der Waals surface area contributed by atoms with Gasteiger partial charge in [-0.05, 0) is 114 Å². The molecule has 0 atom stereocenters. The number of fused-ring (bicyclic) bond motifs is 2. The molecule has 10 heteroatoms. The maximum absolute atomic E-state index is 12.4. The van der Waals surface area contributed by atoms with Crippen LogP contribution in [0.5, 0.6) is 17.2 Å². The molecule has 0 fully saturated rings. The summed E-state index contributed by atoms with van der Waals surface area (Å²) in [5, 5.41) is 47.9. The van der Waals surface area contributed by atoms with Crippen molar-refractivity contribution in [2.24, 2.45) is 5.41 Å². The van der Waals surface area contributed by atoms with Crippen LogP contribution in [-0.4, -0.2) is 51.1 Å². The van der Waals surface area contributed by atoms with Crippen LogP contribution in [0.4, 0.5) is 0 Å². The molecule has 0 amide bonds. The second-order valence-electron chi connectivity index (χ2n) is 18.3. The number of aromatic nitrogens is 6. The number of hydrogen-bond acceptors (Lipinski definition) is 8. The number of nitrogens with zero attached hydrogens (tertiary/aromatic N) is 6. The van der Waals surface area contributed by atoms with Crippen molar-refractivity contribution >= 4 is 27.9 Å². The van der Waals surface area contributed by atoms with Gasteiger partial charge in [-0.2, -0.15) is 0 Å². The number of benzene rings is 6. The Hall–Kier alpha value is -6.81. The van der Waals surface area contributed by atoms with E-state index in [4.69, 9.17) is 0 Å². The van der Waals surface area contributed by atoms with Gasteiger partial charge < -0.3 is 15.3 Å². The molecule has 8 rings (SSSR count). The summed E-state index contributed by atoms with van der Waals surface area (Å²) in [5.41, 5.74) is 9.00. The molecule has 3 N–H and O–H groups in total. The number of carbonyl (C=O) groups excluding carboxylic acids is 1. The van der Waals surface area contributed by atoms with Crippen molar-refractivity contribution in [3.8, 4) is 28.6 Å². The summed E-state index contributed by atoms with van der Waals surface area (Å²) >= 11 is 0. The molecule has 0 aliphatic heterocycles. The Labute approximate surface area is 377 Å². The fraction of sp³-hybridized carbons (Fsp3) is 0.315. The third-order valence-electron chi connectivity index (χ3n) is 11.0. The zero-order valence-corrected chi connectivity index (χ0v) is 38.3. The van der Waals surface area contributed by atoms with Crippen LogP contribution in [-0.2, 0) is 11.8 Å². The van der Waals surface area contributed by atoms with E-state index in [1.54, 1.807) is 36.4 Å².